The maximum atomic E-state index is 12.7. The highest BCUT2D eigenvalue weighted by molar-refractivity contribution is 7.93. The monoisotopic (exact) mass is 477 g/mol. The average Bonchev–Trinajstić information content (AvgIpc) is 2.74. The van der Waals surface area contributed by atoms with Crippen molar-refractivity contribution < 1.29 is 26.5 Å². The number of ether oxygens (including phenoxy) is 1. The molecule has 0 aromatic heterocycles. The molecule has 0 aliphatic carbocycles. The van der Waals surface area contributed by atoms with Crippen molar-refractivity contribution in [1.82, 2.24) is 0 Å². The number of nitrogens with zero attached hydrogens (tertiary/aromatic N) is 1. The summed E-state index contributed by atoms with van der Waals surface area (Å²) in [4.78, 5) is 9.71. The Morgan fingerprint density at radius 2 is 1.53 bits per heavy atom. The van der Waals surface area contributed by atoms with Crippen molar-refractivity contribution in [2.45, 2.75) is 16.7 Å². The lowest BCUT2D eigenvalue weighted by molar-refractivity contribution is -0.387. The van der Waals surface area contributed by atoms with Crippen LogP contribution in [0.4, 0.5) is 17.1 Å². The van der Waals surface area contributed by atoms with Gasteiger partial charge in [0.2, 0.25) is 0 Å². The van der Waals surface area contributed by atoms with Gasteiger partial charge in [-0.1, -0.05) is 18.2 Å². The van der Waals surface area contributed by atoms with Gasteiger partial charge in [0.15, 0.2) is 4.90 Å². The first-order valence-electron chi connectivity index (χ1n) is 9.07. The number of nitro benzene ring substituents is 1. The van der Waals surface area contributed by atoms with Crippen LogP contribution in [0.1, 0.15) is 5.56 Å². The molecule has 12 heteroatoms. The molecule has 10 nitrogen and oxygen atoms in total. The van der Waals surface area contributed by atoms with E-state index in [0.29, 0.717) is 5.75 Å². The highest BCUT2D eigenvalue weighted by atomic mass is 32.2. The quantitative estimate of drug-likeness (QED) is 0.373. The molecule has 0 aliphatic rings. The van der Waals surface area contributed by atoms with Crippen molar-refractivity contribution >= 4 is 37.1 Å². The van der Waals surface area contributed by atoms with Gasteiger partial charge in [-0.3, -0.25) is 19.6 Å². The lowest BCUT2D eigenvalue weighted by Crippen LogP contribution is -2.16. The smallest absolute Gasteiger partial charge is 0.289 e. The van der Waals surface area contributed by atoms with E-state index in [1.807, 2.05) is 0 Å². The Bertz CT molecular complexity index is 1370. The molecule has 3 aromatic carbocycles. The first kappa shape index (κ1) is 23.0. The van der Waals surface area contributed by atoms with Crippen molar-refractivity contribution in [2.24, 2.45) is 0 Å². The molecular formula is C20H19N3O7S2. The van der Waals surface area contributed by atoms with Crippen molar-refractivity contribution in [3.63, 3.8) is 0 Å². The molecule has 0 heterocycles. The molecule has 0 radical (unpaired) electrons. The standard InChI is InChI=1S/C20H19N3O7S2/c1-14-7-12-19(30-2)17(13-14)22-31(26,27)16-10-8-15(9-11-16)21-32(28,29)20-6-4-3-5-18(20)23(24)25/h3-13,21-22H,1-2H3. The zero-order chi connectivity index (χ0) is 23.5. The number of nitrogens with one attached hydrogen (secondary N) is 2. The summed E-state index contributed by atoms with van der Waals surface area (Å²) in [5, 5.41) is 11.1. The molecule has 0 atom stereocenters. The zero-order valence-electron chi connectivity index (χ0n) is 17.0. The predicted molar refractivity (Wildman–Crippen MR) is 119 cm³/mol. The van der Waals surface area contributed by atoms with Gasteiger partial charge in [-0.2, -0.15) is 0 Å². The molecule has 0 unspecified atom stereocenters. The number of anilines is 2. The first-order valence-corrected chi connectivity index (χ1v) is 12.0. The minimum absolute atomic E-state index is 0.0373. The third kappa shape index (κ3) is 4.98. The number of sulfonamides is 2. The molecule has 0 spiro atoms. The second kappa shape index (κ2) is 8.85. The SMILES string of the molecule is COc1ccc(C)cc1NS(=O)(=O)c1ccc(NS(=O)(=O)c2ccccc2[N+](=O)[O-])cc1. The minimum atomic E-state index is -4.27. The maximum Gasteiger partial charge on any atom is 0.289 e. The van der Waals surface area contributed by atoms with Crippen LogP contribution in [0.3, 0.4) is 0 Å². The third-order valence-corrected chi connectivity index (χ3v) is 7.18. The van der Waals surface area contributed by atoms with Crippen LogP contribution in [0.2, 0.25) is 0 Å². The van der Waals surface area contributed by atoms with Gasteiger partial charge < -0.3 is 4.74 Å². The van der Waals surface area contributed by atoms with E-state index in [1.165, 1.54) is 43.5 Å². The highest BCUT2D eigenvalue weighted by Crippen LogP contribution is 2.29. The Hall–Kier alpha value is -3.64. The van der Waals surface area contributed by atoms with E-state index in [9.17, 15) is 26.9 Å². The third-order valence-electron chi connectivity index (χ3n) is 4.37. The lowest BCUT2D eigenvalue weighted by Gasteiger charge is -2.13. The normalized spacial score (nSPS) is 11.6. The van der Waals surface area contributed by atoms with Crippen LogP contribution >= 0.6 is 0 Å². The van der Waals surface area contributed by atoms with Crippen LogP contribution in [0.15, 0.2) is 76.5 Å². The van der Waals surface area contributed by atoms with Gasteiger partial charge in [0.1, 0.15) is 5.75 Å². The van der Waals surface area contributed by atoms with Crippen molar-refractivity contribution in [1.29, 1.82) is 0 Å². The number of hydrogen-bond acceptors (Lipinski definition) is 7. The molecule has 0 fully saturated rings. The van der Waals surface area contributed by atoms with Crippen molar-refractivity contribution in [3.05, 3.63) is 82.4 Å². The fraction of sp³-hybridized carbons (Fsp3) is 0.100. The lowest BCUT2D eigenvalue weighted by atomic mass is 10.2. The molecule has 168 valence electrons. The predicted octanol–water partition coefficient (Wildman–Crippen LogP) is 3.51. The number of hydrogen-bond donors (Lipinski definition) is 2. The van der Waals surface area contributed by atoms with Crippen LogP contribution < -0.4 is 14.2 Å². The second-order valence-corrected chi connectivity index (χ2v) is 10.00. The molecule has 0 aliphatic heterocycles. The van der Waals surface area contributed by atoms with E-state index in [-0.39, 0.29) is 16.3 Å². The molecule has 0 saturated heterocycles. The topological polar surface area (TPSA) is 145 Å². The highest BCUT2D eigenvalue weighted by Gasteiger charge is 2.25. The fourth-order valence-corrected chi connectivity index (χ4v) is 5.15. The summed E-state index contributed by atoms with van der Waals surface area (Å²) < 4.78 is 60.5. The number of rotatable bonds is 8. The minimum Gasteiger partial charge on any atom is -0.495 e. The maximum absolute atomic E-state index is 12.7. The summed E-state index contributed by atoms with van der Waals surface area (Å²) in [5.74, 6) is 0.341. The van der Waals surface area contributed by atoms with Crippen LogP contribution in [0, 0.1) is 17.0 Å². The molecular weight excluding hydrogens is 458 g/mol. The van der Waals surface area contributed by atoms with Gasteiger partial charge >= 0.3 is 0 Å². The van der Waals surface area contributed by atoms with Crippen LogP contribution in [-0.4, -0.2) is 28.9 Å². The van der Waals surface area contributed by atoms with E-state index < -0.39 is 35.6 Å². The summed E-state index contributed by atoms with van der Waals surface area (Å²) in [7, 11) is -6.85. The van der Waals surface area contributed by atoms with E-state index in [4.69, 9.17) is 4.74 Å². The largest absolute Gasteiger partial charge is 0.495 e. The molecule has 3 rings (SSSR count). The Kier molecular flexibility index (Phi) is 6.37. The van der Waals surface area contributed by atoms with Gasteiger partial charge in [0, 0.05) is 11.8 Å². The summed E-state index contributed by atoms with van der Waals surface area (Å²) in [6.07, 6.45) is 0. The fourth-order valence-electron chi connectivity index (χ4n) is 2.85. The second-order valence-electron chi connectivity index (χ2n) is 6.66. The summed E-state index contributed by atoms with van der Waals surface area (Å²) in [6, 6.07) is 14.8. The van der Waals surface area contributed by atoms with Crippen LogP contribution in [-0.2, 0) is 20.0 Å². The van der Waals surface area contributed by atoms with E-state index in [1.54, 1.807) is 25.1 Å². The van der Waals surface area contributed by atoms with Crippen LogP contribution in [0.5, 0.6) is 5.75 Å². The van der Waals surface area contributed by atoms with E-state index in [0.717, 1.165) is 17.7 Å². The Balaban J connectivity index is 1.85. The molecule has 0 amide bonds. The number of nitro groups is 1. The summed E-state index contributed by atoms with van der Waals surface area (Å²) >= 11 is 0. The molecule has 2 N–H and O–H groups in total. The number of benzene rings is 3. The first-order chi connectivity index (χ1) is 15.0. The van der Waals surface area contributed by atoms with Crippen molar-refractivity contribution in [3.8, 4) is 5.75 Å². The summed E-state index contributed by atoms with van der Waals surface area (Å²) in [5.41, 5.74) is 0.544. The number of methoxy groups -OCH3 is 1. The Morgan fingerprint density at radius 3 is 2.16 bits per heavy atom. The average molecular weight is 478 g/mol. The molecule has 3 aromatic rings. The summed E-state index contributed by atoms with van der Waals surface area (Å²) in [6.45, 7) is 1.80. The number of aryl methyl sites for hydroxylation is 1. The van der Waals surface area contributed by atoms with Gasteiger partial charge in [-0.05, 0) is 55.0 Å². The van der Waals surface area contributed by atoms with Crippen LogP contribution in [0.25, 0.3) is 0 Å². The molecule has 0 saturated carbocycles. The van der Waals surface area contributed by atoms with Gasteiger partial charge in [0.05, 0.1) is 22.6 Å². The van der Waals surface area contributed by atoms with Gasteiger partial charge in [-0.25, -0.2) is 16.8 Å². The Morgan fingerprint density at radius 1 is 0.875 bits per heavy atom. The molecule has 0 bridgehead atoms. The van der Waals surface area contributed by atoms with E-state index >= 15 is 0 Å². The van der Waals surface area contributed by atoms with Gasteiger partial charge in [0.25, 0.3) is 25.7 Å². The number of para-hydroxylation sites is 1. The molecule has 32 heavy (non-hydrogen) atoms. The van der Waals surface area contributed by atoms with Crippen molar-refractivity contribution in [2.75, 3.05) is 16.6 Å². The zero-order valence-corrected chi connectivity index (χ0v) is 18.6. The van der Waals surface area contributed by atoms with Gasteiger partial charge in [-0.15, -0.1) is 0 Å². The Labute approximate surface area is 185 Å². The van der Waals surface area contributed by atoms with E-state index in [2.05, 4.69) is 9.44 Å².